The second-order valence-corrected chi connectivity index (χ2v) is 4.57. The quantitative estimate of drug-likeness (QED) is 0.820. The number of anilines is 1. The van der Waals surface area contributed by atoms with Crippen LogP contribution in [0.3, 0.4) is 0 Å². The smallest absolute Gasteiger partial charge is 0.337 e. The van der Waals surface area contributed by atoms with Gasteiger partial charge in [0.2, 0.25) is 5.91 Å². The third-order valence-corrected chi connectivity index (χ3v) is 3.15. The van der Waals surface area contributed by atoms with Gasteiger partial charge in [-0.05, 0) is 25.1 Å². The first kappa shape index (κ1) is 17.4. The zero-order valence-corrected chi connectivity index (χ0v) is 12.7. The van der Waals surface area contributed by atoms with Crippen molar-refractivity contribution in [2.45, 2.75) is 19.1 Å². The van der Waals surface area contributed by atoms with Crippen molar-refractivity contribution < 1.29 is 19.1 Å². The Hall–Kier alpha value is -1.63. The number of carbonyl (C=O) groups is 2. The zero-order valence-electron chi connectivity index (χ0n) is 11.9. The SMILES string of the molecule is COC(=O)c1cccc(NC(=O)[C@H]2NCCO[C@@H]2C)c1.Cl. The summed E-state index contributed by atoms with van der Waals surface area (Å²) in [5.41, 5.74) is 0.948. The summed E-state index contributed by atoms with van der Waals surface area (Å²) < 4.78 is 10.1. The summed E-state index contributed by atoms with van der Waals surface area (Å²) in [6.07, 6.45) is -0.187. The Balaban J connectivity index is 0.00000220. The zero-order chi connectivity index (χ0) is 14.5. The third-order valence-electron chi connectivity index (χ3n) is 3.15. The minimum absolute atomic E-state index is 0. The summed E-state index contributed by atoms with van der Waals surface area (Å²) >= 11 is 0. The fraction of sp³-hybridized carbons (Fsp3) is 0.429. The molecule has 7 heteroatoms. The Morgan fingerprint density at radius 1 is 1.43 bits per heavy atom. The molecule has 116 valence electrons. The lowest BCUT2D eigenvalue weighted by Gasteiger charge is -2.29. The number of methoxy groups -OCH3 is 1. The van der Waals surface area contributed by atoms with E-state index in [-0.39, 0.29) is 24.4 Å². The number of hydrogen-bond donors (Lipinski definition) is 2. The fourth-order valence-corrected chi connectivity index (χ4v) is 2.09. The minimum atomic E-state index is -0.436. The highest BCUT2D eigenvalue weighted by molar-refractivity contribution is 5.97. The highest BCUT2D eigenvalue weighted by atomic mass is 35.5. The van der Waals surface area contributed by atoms with Gasteiger partial charge >= 0.3 is 5.97 Å². The van der Waals surface area contributed by atoms with E-state index in [1.54, 1.807) is 24.3 Å². The van der Waals surface area contributed by atoms with E-state index in [0.717, 1.165) is 0 Å². The van der Waals surface area contributed by atoms with Gasteiger partial charge in [-0.25, -0.2) is 4.79 Å². The summed E-state index contributed by atoms with van der Waals surface area (Å²) in [4.78, 5) is 23.6. The average molecular weight is 315 g/mol. The predicted octanol–water partition coefficient (Wildman–Crippen LogP) is 1.21. The van der Waals surface area contributed by atoms with Crippen molar-refractivity contribution >= 4 is 30.0 Å². The van der Waals surface area contributed by atoms with Crippen molar-refractivity contribution in [3.8, 4) is 0 Å². The van der Waals surface area contributed by atoms with Gasteiger partial charge in [-0.1, -0.05) is 6.07 Å². The molecule has 1 aromatic carbocycles. The molecule has 0 bridgehead atoms. The van der Waals surface area contributed by atoms with E-state index >= 15 is 0 Å². The molecule has 1 aliphatic heterocycles. The number of amides is 1. The Labute approximate surface area is 129 Å². The second-order valence-electron chi connectivity index (χ2n) is 4.57. The number of ether oxygens (including phenoxy) is 2. The van der Waals surface area contributed by atoms with Gasteiger partial charge in [0.25, 0.3) is 0 Å². The van der Waals surface area contributed by atoms with Gasteiger partial charge in [-0.15, -0.1) is 12.4 Å². The maximum absolute atomic E-state index is 12.2. The molecule has 0 aromatic heterocycles. The largest absolute Gasteiger partial charge is 0.465 e. The standard InChI is InChI=1S/C14H18N2O4.ClH/c1-9-12(15-6-7-20-9)13(17)16-11-5-3-4-10(8-11)14(18)19-2;/h3-5,8-9,12,15H,6-7H2,1-2H3,(H,16,17);1H/t9-,12+;/m1./s1. The molecule has 6 nitrogen and oxygen atoms in total. The number of esters is 1. The molecule has 1 fully saturated rings. The molecule has 2 N–H and O–H groups in total. The molecule has 1 amide bonds. The van der Waals surface area contributed by atoms with Crippen LogP contribution in [0.5, 0.6) is 0 Å². The van der Waals surface area contributed by atoms with Crippen molar-refractivity contribution in [3.63, 3.8) is 0 Å². The van der Waals surface area contributed by atoms with E-state index in [2.05, 4.69) is 15.4 Å². The van der Waals surface area contributed by atoms with Gasteiger partial charge in [-0.2, -0.15) is 0 Å². The van der Waals surface area contributed by atoms with Crippen LogP contribution in [0, 0.1) is 0 Å². The van der Waals surface area contributed by atoms with Gasteiger partial charge in [-0.3, -0.25) is 4.79 Å². The Morgan fingerprint density at radius 2 is 2.19 bits per heavy atom. The normalized spacial score (nSPS) is 21.0. The second kappa shape index (κ2) is 7.97. The summed E-state index contributed by atoms with van der Waals surface area (Å²) in [5, 5.41) is 5.88. The van der Waals surface area contributed by atoms with Gasteiger partial charge in [0.05, 0.1) is 25.4 Å². The van der Waals surface area contributed by atoms with Crippen molar-refractivity contribution in [1.82, 2.24) is 5.32 Å². The Morgan fingerprint density at radius 3 is 2.86 bits per heavy atom. The van der Waals surface area contributed by atoms with E-state index in [9.17, 15) is 9.59 Å². The average Bonchev–Trinajstić information content (AvgIpc) is 2.47. The summed E-state index contributed by atoms with van der Waals surface area (Å²) in [7, 11) is 1.32. The molecule has 1 aromatic rings. The van der Waals surface area contributed by atoms with Crippen LogP contribution in [0.15, 0.2) is 24.3 Å². The lowest BCUT2D eigenvalue weighted by Crippen LogP contribution is -2.53. The molecule has 0 radical (unpaired) electrons. The molecule has 0 saturated carbocycles. The molecule has 2 rings (SSSR count). The minimum Gasteiger partial charge on any atom is -0.465 e. The van der Waals surface area contributed by atoms with Crippen LogP contribution in [-0.4, -0.2) is 44.3 Å². The molecular formula is C14H19ClN2O4. The highest BCUT2D eigenvalue weighted by Crippen LogP contribution is 2.13. The van der Waals surface area contributed by atoms with Crippen molar-refractivity contribution in [2.24, 2.45) is 0 Å². The van der Waals surface area contributed by atoms with E-state index in [0.29, 0.717) is 24.4 Å². The van der Waals surface area contributed by atoms with Crippen LogP contribution in [-0.2, 0) is 14.3 Å². The van der Waals surface area contributed by atoms with E-state index in [1.807, 2.05) is 6.92 Å². The van der Waals surface area contributed by atoms with Crippen LogP contribution in [0.4, 0.5) is 5.69 Å². The van der Waals surface area contributed by atoms with Gasteiger partial charge in [0.15, 0.2) is 0 Å². The Bertz CT molecular complexity index is 510. The van der Waals surface area contributed by atoms with Gasteiger partial charge in [0, 0.05) is 12.2 Å². The summed E-state index contributed by atoms with van der Waals surface area (Å²) in [6, 6.07) is 6.23. The van der Waals surface area contributed by atoms with Crippen LogP contribution < -0.4 is 10.6 Å². The van der Waals surface area contributed by atoms with Gasteiger partial charge < -0.3 is 20.1 Å². The van der Waals surface area contributed by atoms with Crippen molar-refractivity contribution in [3.05, 3.63) is 29.8 Å². The van der Waals surface area contributed by atoms with Crippen molar-refractivity contribution in [2.75, 3.05) is 25.6 Å². The highest BCUT2D eigenvalue weighted by Gasteiger charge is 2.28. The topological polar surface area (TPSA) is 76.7 Å². The summed E-state index contributed by atoms with van der Waals surface area (Å²) in [6.45, 7) is 3.09. The molecule has 0 unspecified atom stereocenters. The maximum atomic E-state index is 12.2. The predicted molar refractivity (Wildman–Crippen MR) is 80.9 cm³/mol. The third kappa shape index (κ3) is 4.42. The first-order valence-corrected chi connectivity index (χ1v) is 6.46. The lowest BCUT2D eigenvalue weighted by molar-refractivity contribution is -0.123. The van der Waals surface area contributed by atoms with E-state index in [1.165, 1.54) is 7.11 Å². The monoisotopic (exact) mass is 314 g/mol. The molecule has 1 heterocycles. The number of morpholine rings is 1. The number of carbonyl (C=O) groups excluding carboxylic acids is 2. The summed E-state index contributed by atoms with van der Waals surface area (Å²) in [5.74, 6) is -0.618. The molecule has 1 aliphatic rings. The number of rotatable bonds is 3. The van der Waals surface area contributed by atoms with Crippen LogP contribution in [0.25, 0.3) is 0 Å². The van der Waals surface area contributed by atoms with Gasteiger partial charge in [0.1, 0.15) is 6.04 Å². The molecular weight excluding hydrogens is 296 g/mol. The number of halogens is 1. The van der Waals surface area contributed by atoms with E-state index < -0.39 is 12.0 Å². The lowest BCUT2D eigenvalue weighted by atomic mass is 10.1. The molecule has 21 heavy (non-hydrogen) atoms. The van der Waals surface area contributed by atoms with Crippen LogP contribution in [0.2, 0.25) is 0 Å². The molecule has 0 aliphatic carbocycles. The fourth-order valence-electron chi connectivity index (χ4n) is 2.09. The number of benzene rings is 1. The number of hydrogen-bond acceptors (Lipinski definition) is 5. The van der Waals surface area contributed by atoms with Crippen LogP contribution in [0.1, 0.15) is 17.3 Å². The Kier molecular flexibility index (Phi) is 6.61. The first-order chi connectivity index (χ1) is 9.61. The molecule has 2 atom stereocenters. The van der Waals surface area contributed by atoms with Crippen molar-refractivity contribution in [1.29, 1.82) is 0 Å². The first-order valence-electron chi connectivity index (χ1n) is 6.46. The van der Waals surface area contributed by atoms with Crippen LogP contribution >= 0.6 is 12.4 Å². The molecule has 0 spiro atoms. The maximum Gasteiger partial charge on any atom is 0.337 e. The number of nitrogens with one attached hydrogen (secondary N) is 2. The molecule has 1 saturated heterocycles. The van der Waals surface area contributed by atoms with E-state index in [4.69, 9.17) is 4.74 Å².